The molecule has 0 radical (unpaired) electrons. The monoisotopic (exact) mass is 1050 g/mol. The van der Waals surface area contributed by atoms with Crippen molar-refractivity contribution in [2.75, 3.05) is 0 Å². The van der Waals surface area contributed by atoms with Crippen molar-refractivity contribution in [3.8, 4) is 0 Å². The molecule has 33 heteroatoms. The van der Waals surface area contributed by atoms with Crippen LogP contribution in [0, 0.1) is 0 Å². The van der Waals surface area contributed by atoms with Crippen LogP contribution in [0.1, 0.15) is 95.2 Å². The van der Waals surface area contributed by atoms with Crippen molar-refractivity contribution >= 4 is 60.5 Å². The largest absolute Gasteiger partial charge is 1.00 e. The van der Waals surface area contributed by atoms with Gasteiger partial charge in [-0.1, -0.05) is 77.9 Å². The van der Waals surface area contributed by atoms with Gasteiger partial charge < -0.3 is 12.4 Å². The van der Waals surface area contributed by atoms with Gasteiger partial charge in [0.05, 0.1) is 0 Å². The van der Waals surface area contributed by atoms with Crippen LogP contribution in [0.25, 0.3) is 12.4 Å². The summed E-state index contributed by atoms with van der Waals surface area (Å²) in [5.74, 6) is 0.429. The Balaban J connectivity index is -0.000000890. The van der Waals surface area contributed by atoms with Crippen LogP contribution >= 0.6 is 0 Å². The predicted octanol–water partition coefficient (Wildman–Crippen LogP) is 0.348. The number of sulfonamides is 5. The molecule has 3 aromatic carbocycles. The topological polar surface area (TPSA) is 247 Å². The molecule has 0 bridgehead atoms. The number of benzene rings is 3. The van der Waals surface area contributed by atoms with Gasteiger partial charge in [0.2, 0.25) is 10.4 Å². The van der Waals surface area contributed by atoms with Crippen LogP contribution in [0.15, 0.2) is 87.5 Å². The van der Waals surface area contributed by atoms with Gasteiger partial charge in [-0.3, -0.25) is 0 Å². The molecule has 66 heavy (non-hydrogen) atoms. The van der Waals surface area contributed by atoms with E-state index in [9.17, 15) is 89.5 Å². The Hall–Kier alpha value is -1.60. The second-order valence-corrected chi connectivity index (χ2v) is 22.9. The van der Waals surface area contributed by atoms with E-state index in [0.717, 1.165) is 48.2 Å². The molecule has 0 amide bonds. The van der Waals surface area contributed by atoms with E-state index in [4.69, 9.17) is 0 Å². The molecular weight excluding hydrogens is 1010 g/mol. The fourth-order valence-corrected chi connectivity index (χ4v) is 10.8. The van der Waals surface area contributed by atoms with E-state index in [1.54, 1.807) is 12.1 Å². The van der Waals surface area contributed by atoms with Gasteiger partial charge in [-0.05, 0) is 90.1 Å². The zero-order valence-electron chi connectivity index (χ0n) is 36.4. The number of alkyl halides is 8. The van der Waals surface area contributed by atoms with Gasteiger partial charge in [-0.25, -0.2) is 50.5 Å². The third-order valence-electron chi connectivity index (χ3n) is 8.60. The normalized spacial score (nSPS) is 14.2. The first-order valence-electron chi connectivity index (χ1n) is 17.4. The zero-order chi connectivity index (χ0) is 49.4. The van der Waals surface area contributed by atoms with E-state index in [0.29, 0.717) is 12.0 Å². The fourth-order valence-electron chi connectivity index (χ4n) is 4.35. The Morgan fingerprint density at radius 1 is 0.424 bits per heavy atom. The van der Waals surface area contributed by atoms with E-state index < -0.39 is 87.3 Å². The minimum absolute atomic E-state index is 0. The average Bonchev–Trinajstić information content (AvgIpc) is 3.15. The molecule has 0 aliphatic heterocycles. The number of rotatable bonds is 16. The molecule has 0 heterocycles. The van der Waals surface area contributed by atoms with Crippen LogP contribution in [0.5, 0.6) is 0 Å². The molecule has 0 saturated carbocycles. The molecule has 0 aliphatic carbocycles. The van der Waals surface area contributed by atoms with E-state index >= 15 is 0 Å². The number of hydrogen-bond donors (Lipinski definition) is 0. The molecule has 0 saturated heterocycles. The smallest absolute Gasteiger partial charge is 0.426 e. The molecule has 3 unspecified atom stereocenters. The molecule has 0 N–H and O–H groups in total. The summed E-state index contributed by atoms with van der Waals surface area (Å²) in [6.07, 6.45) is -4.11. The molecule has 0 aromatic heterocycles. The number of nitrogens with zero attached hydrogens (tertiary/aromatic N) is 3. The van der Waals surface area contributed by atoms with Crippen LogP contribution in [-0.4, -0.2) is 67.4 Å². The van der Waals surface area contributed by atoms with Crippen LogP contribution < -0.4 is 56.6 Å². The summed E-state index contributed by atoms with van der Waals surface area (Å²) in [5, 5.41) is -6.32. The summed E-state index contributed by atoms with van der Waals surface area (Å²) < 4.78 is 251. The predicted molar refractivity (Wildman–Crippen MR) is 212 cm³/mol. The van der Waals surface area contributed by atoms with Crippen molar-refractivity contribution in [1.82, 2.24) is 0 Å². The van der Waals surface area contributed by atoms with Crippen LogP contribution in [-0.2, 0) is 60.5 Å². The molecule has 3 rings (SSSR count). The first-order valence-corrected chi connectivity index (χ1v) is 26.0. The van der Waals surface area contributed by atoms with E-state index in [1.807, 2.05) is 49.8 Å². The maximum atomic E-state index is 12.9. The van der Waals surface area contributed by atoms with Crippen molar-refractivity contribution in [2.45, 2.75) is 110 Å². The molecule has 0 spiro atoms. The Morgan fingerprint density at radius 3 is 0.848 bits per heavy atom. The van der Waals surface area contributed by atoms with Crippen molar-refractivity contribution in [3.05, 3.63) is 102 Å². The Kier molecular flexibility index (Phi) is 27.1. The second-order valence-electron chi connectivity index (χ2n) is 13.1. The summed E-state index contributed by atoms with van der Waals surface area (Å²) in [4.78, 5) is -1.77. The quantitative estimate of drug-likeness (QED) is 0.107. The Morgan fingerprint density at radius 2 is 0.652 bits per heavy atom. The van der Waals surface area contributed by atoms with Gasteiger partial charge in [-0.15, -0.1) is 3.89 Å². The first kappa shape index (κ1) is 68.7. The van der Waals surface area contributed by atoms with Crippen molar-refractivity contribution in [2.24, 2.45) is 0 Å². The molecule has 15 nitrogen and oxygen atoms in total. The van der Waals surface area contributed by atoms with E-state index in [1.165, 1.54) is 36.4 Å². The number of halogens is 9. The molecular formula is C33H39F9Li3N3O12S6. The van der Waals surface area contributed by atoms with Crippen molar-refractivity contribution in [3.63, 3.8) is 0 Å². The Bertz CT molecular complexity index is 2700. The van der Waals surface area contributed by atoms with Gasteiger partial charge in [-0.2, -0.15) is 35.1 Å². The Labute approximate surface area is 415 Å². The summed E-state index contributed by atoms with van der Waals surface area (Å²) >= 11 is 0. The minimum Gasteiger partial charge on any atom is -0.426 e. The summed E-state index contributed by atoms with van der Waals surface area (Å²) in [7, 11) is -32.9. The van der Waals surface area contributed by atoms with Crippen molar-refractivity contribution < 1.29 is 146 Å². The third kappa shape index (κ3) is 19.7. The third-order valence-corrected chi connectivity index (χ3v) is 17.3. The van der Waals surface area contributed by atoms with Gasteiger partial charge in [0.1, 0.15) is 30.1 Å². The van der Waals surface area contributed by atoms with Crippen LogP contribution in [0.3, 0.4) is 0 Å². The van der Waals surface area contributed by atoms with Gasteiger partial charge in [0.25, 0.3) is 0 Å². The second kappa shape index (κ2) is 26.0. The van der Waals surface area contributed by atoms with E-state index in [-0.39, 0.29) is 79.2 Å². The van der Waals surface area contributed by atoms with E-state index in [2.05, 4.69) is 4.13 Å². The fraction of sp³-hybridized carbons (Fsp3) is 0.455. The first-order chi connectivity index (χ1) is 28.2. The number of hydrogen-bond acceptors (Lipinski definition) is 12. The minimum atomic E-state index is -6.68. The molecule has 360 valence electrons. The van der Waals surface area contributed by atoms with Gasteiger partial charge >= 0.3 is 73.5 Å². The van der Waals surface area contributed by atoms with Crippen LogP contribution in [0.4, 0.5) is 39.0 Å². The van der Waals surface area contributed by atoms with Crippen molar-refractivity contribution in [1.29, 1.82) is 0 Å². The SMILES string of the molecule is CCC(C)c1ccc(S(=O)(=O)[N-]S(=O)(=O)C(F)(F)C(F)(F)F)cc1.CCC(C)c1ccc(S(=O)(=O)[N-]S(=O)(=O)C(F)(F)F)cc1.CCC(C)c1ccc(S(=O)(=O)[N-]S(=O)(=O)F)cc1.[Li+].[Li+].[Li+]. The van der Waals surface area contributed by atoms with Gasteiger partial charge in [0, 0.05) is 14.7 Å². The summed E-state index contributed by atoms with van der Waals surface area (Å²) in [5.41, 5.74) is -3.37. The molecule has 3 aromatic rings. The molecule has 0 fully saturated rings. The molecule has 0 aliphatic rings. The average molecular weight is 1050 g/mol. The van der Waals surface area contributed by atoms with Crippen LogP contribution in [0.2, 0.25) is 0 Å². The zero-order valence-corrected chi connectivity index (χ0v) is 41.3. The maximum Gasteiger partial charge on any atom is 1.00 e. The molecule has 3 atom stereocenters. The summed E-state index contributed by atoms with van der Waals surface area (Å²) in [6, 6.07) is 14.8. The maximum absolute atomic E-state index is 12.9. The summed E-state index contributed by atoms with van der Waals surface area (Å²) in [6.45, 7) is 11.4. The van der Waals surface area contributed by atoms with Gasteiger partial charge in [0.15, 0.2) is 20.0 Å². The standard InChI is InChI=1S/C12H13F5NO4S2.C11H13F3NO4S2.C10H13FNO4S2.3Li/c1-3-8(2)9-4-6-10(7-5-9)23(19,20)18-24(21,22)12(16,17)11(13,14)15;1-3-8(2)9-4-6-10(7-5-9)20(16,17)15-21(18,19)11(12,13)14;1-3-8(2)9-4-6-10(7-5-9)17(13,14)12-18(11,15)16;;;/h4-8H,3H2,1-2H3;4-8H,3H2,1-2H3;4-8H,3H2,1-2H3;;;/q3*-1;3*+1.